The molecule has 0 bridgehead atoms. The SMILES string of the molecule is O=C(CCC(=O)N1CCc2cc(S(=O)(=O)Cl)ccc21)N1CCCCCC1. The molecule has 142 valence electrons. The minimum atomic E-state index is -3.78. The first-order valence-electron chi connectivity index (χ1n) is 9.02. The topological polar surface area (TPSA) is 74.8 Å². The normalized spacial score (nSPS) is 17.7. The molecule has 2 heterocycles. The lowest BCUT2D eigenvalue weighted by Gasteiger charge is -2.21. The van der Waals surface area contributed by atoms with Gasteiger partial charge in [-0.15, -0.1) is 0 Å². The fraction of sp³-hybridized carbons (Fsp3) is 0.556. The molecule has 0 unspecified atom stereocenters. The number of benzene rings is 1. The number of fused-ring (bicyclic) bond motifs is 1. The van der Waals surface area contributed by atoms with Crippen LogP contribution in [0, 0.1) is 0 Å². The highest BCUT2D eigenvalue weighted by Crippen LogP contribution is 2.31. The molecule has 2 amide bonds. The summed E-state index contributed by atoms with van der Waals surface area (Å²) in [6, 6.07) is 4.55. The molecule has 0 aromatic heterocycles. The molecule has 26 heavy (non-hydrogen) atoms. The molecule has 8 heteroatoms. The van der Waals surface area contributed by atoms with E-state index in [2.05, 4.69) is 0 Å². The van der Waals surface area contributed by atoms with Gasteiger partial charge in [-0.05, 0) is 43.0 Å². The van der Waals surface area contributed by atoms with Gasteiger partial charge in [-0.25, -0.2) is 8.42 Å². The Morgan fingerprint density at radius 1 is 0.962 bits per heavy atom. The van der Waals surface area contributed by atoms with Gasteiger partial charge in [-0.1, -0.05) is 12.8 Å². The van der Waals surface area contributed by atoms with Crippen LogP contribution in [0.25, 0.3) is 0 Å². The molecule has 0 radical (unpaired) electrons. The molecule has 6 nitrogen and oxygen atoms in total. The smallest absolute Gasteiger partial charge is 0.261 e. The van der Waals surface area contributed by atoms with E-state index in [9.17, 15) is 18.0 Å². The molecule has 1 aromatic rings. The third-order valence-corrected chi connectivity index (χ3v) is 6.39. The summed E-state index contributed by atoms with van der Waals surface area (Å²) in [5, 5.41) is 0. The highest BCUT2D eigenvalue weighted by molar-refractivity contribution is 8.13. The second-order valence-corrected chi connectivity index (χ2v) is 9.38. The van der Waals surface area contributed by atoms with E-state index >= 15 is 0 Å². The summed E-state index contributed by atoms with van der Waals surface area (Å²) in [5.41, 5.74) is 1.50. The molecular formula is C18H23ClN2O4S. The van der Waals surface area contributed by atoms with Crippen LogP contribution in [0.2, 0.25) is 0 Å². The zero-order valence-corrected chi connectivity index (χ0v) is 16.2. The summed E-state index contributed by atoms with van der Waals surface area (Å²) in [7, 11) is 1.60. The van der Waals surface area contributed by atoms with Gasteiger partial charge in [0.1, 0.15) is 0 Å². The number of anilines is 1. The number of carbonyl (C=O) groups excluding carboxylic acids is 2. The van der Waals surface area contributed by atoms with Crippen LogP contribution in [0.5, 0.6) is 0 Å². The van der Waals surface area contributed by atoms with Crippen molar-refractivity contribution in [2.24, 2.45) is 0 Å². The summed E-state index contributed by atoms with van der Waals surface area (Å²) in [6.07, 6.45) is 5.36. The summed E-state index contributed by atoms with van der Waals surface area (Å²) in [5.74, 6) is -0.0587. The third-order valence-electron chi connectivity index (χ3n) is 5.04. The molecular weight excluding hydrogens is 376 g/mol. The van der Waals surface area contributed by atoms with E-state index in [0.717, 1.165) is 44.3 Å². The minimum Gasteiger partial charge on any atom is -0.343 e. The Bertz CT molecular complexity index is 801. The van der Waals surface area contributed by atoms with E-state index in [4.69, 9.17) is 10.7 Å². The van der Waals surface area contributed by atoms with Crippen molar-refractivity contribution in [3.8, 4) is 0 Å². The standard InChI is InChI=1S/C18H23ClN2O4S/c19-26(24,25)15-5-6-16-14(13-15)9-12-21(16)18(23)8-7-17(22)20-10-3-1-2-4-11-20/h5-6,13H,1-4,7-12H2. The Morgan fingerprint density at radius 3 is 2.27 bits per heavy atom. The van der Waals surface area contributed by atoms with E-state index in [0.29, 0.717) is 18.7 Å². The number of hydrogen-bond donors (Lipinski definition) is 0. The first kappa shape index (κ1) is 19.2. The first-order chi connectivity index (χ1) is 12.4. The molecule has 2 aliphatic heterocycles. The lowest BCUT2D eigenvalue weighted by Crippen LogP contribution is -2.34. The second kappa shape index (κ2) is 7.96. The average molecular weight is 399 g/mol. The Kier molecular flexibility index (Phi) is 5.87. The maximum absolute atomic E-state index is 12.6. The van der Waals surface area contributed by atoms with Crippen LogP contribution in [0.3, 0.4) is 0 Å². The molecule has 1 aromatic carbocycles. The summed E-state index contributed by atoms with van der Waals surface area (Å²) in [6.45, 7) is 2.07. The van der Waals surface area contributed by atoms with Crippen LogP contribution in [0.1, 0.15) is 44.1 Å². The van der Waals surface area contributed by atoms with E-state index in [1.54, 1.807) is 11.0 Å². The Morgan fingerprint density at radius 2 is 1.62 bits per heavy atom. The van der Waals surface area contributed by atoms with E-state index in [-0.39, 0.29) is 29.6 Å². The fourth-order valence-electron chi connectivity index (χ4n) is 3.62. The molecule has 0 atom stereocenters. The first-order valence-corrected chi connectivity index (χ1v) is 11.3. The second-order valence-electron chi connectivity index (χ2n) is 6.82. The molecule has 0 aliphatic carbocycles. The van der Waals surface area contributed by atoms with Crippen molar-refractivity contribution in [1.29, 1.82) is 0 Å². The van der Waals surface area contributed by atoms with Crippen LogP contribution < -0.4 is 4.90 Å². The summed E-state index contributed by atoms with van der Waals surface area (Å²) < 4.78 is 22.9. The summed E-state index contributed by atoms with van der Waals surface area (Å²) >= 11 is 0. The number of amides is 2. The highest BCUT2D eigenvalue weighted by Gasteiger charge is 2.27. The van der Waals surface area contributed by atoms with Crippen molar-refractivity contribution < 1.29 is 18.0 Å². The Hall–Kier alpha value is -1.60. The molecule has 2 aliphatic rings. The predicted molar refractivity (Wildman–Crippen MR) is 99.8 cm³/mol. The number of carbonyl (C=O) groups is 2. The van der Waals surface area contributed by atoms with Gasteiger partial charge in [0, 0.05) is 48.8 Å². The molecule has 0 saturated carbocycles. The van der Waals surface area contributed by atoms with Crippen LogP contribution in [-0.2, 0) is 25.1 Å². The molecule has 0 N–H and O–H groups in total. The number of nitrogens with zero attached hydrogens (tertiary/aromatic N) is 2. The molecule has 1 saturated heterocycles. The van der Waals surface area contributed by atoms with Crippen LogP contribution >= 0.6 is 10.7 Å². The summed E-state index contributed by atoms with van der Waals surface area (Å²) in [4.78, 5) is 28.5. The van der Waals surface area contributed by atoms with Crippen molar-refractivity contribution in [3.63, 3.8) is 0 Å². The lowest BCUT2D eigenvalue weighted by atomic mass is 10.2. The maximum atomic E-state index is 12.6. The predicted octanol–water partition coefficient (Wildman–Crippen LogP) is 2.69. The zero-order valence-electron chi connectivity index (χ0n) is 14.6. The third kappa shape index (κ3) is 4.38. The van der Waals surface area contributed by atoms with Gasteiger partial charge < -0.3 is 9.80 Å². The van der Waals surface area contributed by atoms with Gasteiger partial charge in [-0.2, -0.15) is 0 Å². The van der Waals surface area contributed by atoms with Crippen LogP contribution in [0.15, 0.2) is 23.1 Å². The molecule has 3 rings (SSSR count). The van der Waals surface area contributed by atoms with Gasteiger partial charge in [0.25, 0.3) is 9.05 Å². The van der Waals surface area contributed by atoms with Gasteiger partial charge in [0.15, 0.2) is 0 Å². The molecule has 0 spiro atoms. The maximum Gasteiger partial charge on any atom is 0.261 e. The lowest BCUT2D eigenvalue weighted by molar-refractivity contribution is -0.133. The van der Waals surface area contributed by atoms with Crippen molar-refractivity contribution in [2.45, 2.75) is 49.8 Å². The van der Waals surface area contributed by atoms with Gasteiger partial charge in [-0.3, -0.25) is 9.59 Å². The van der Waals surface area contributed by atoms with Crippen LogP contribution in [-0.4, -0.2) is 44.8 Å². The average Bonchev–Trinajstić information content (AvgIpc) is 2.83. The van der Waals surface area contributed by atoms with Crippen LogP contribution in [0.4, 0.5) is 5.69 Å². The zero-order chi connectivity index (χ0) is 18.7. The van der Waals surface area contributed by atoms with E-state index < -0.39 is 9.05 Å². The Labute approximate surface area is 158 Å². The quantitative estimate of drug-likeness (QED) is 0.731. The minimum absolute atomic E-state index is 0.0447. The highest BCUT2D eigenvalue weighted by atomic mass is 35.7. The van der Waals surface area contributed by atoms with E-state index in [1.165, 1.54) is 12.1 Å². The van der Waals surface area contributed by atoms with E-state index in [1.807, 2.05) is 4.90 Å². The van der Waals surface area contributed by atoms with Gasteiger partial charge in [0.2, 0.25) is 11.8 Å². The van der Waals surface area contributed by atoms with Crippen molar-refractivity contribution in [2.75, 3.05) is 24.5 Å². The number of hydrogen-bond acceptors (Lipinski definition) is 4. The van der Waals surface area contributed by atoms with Crippen molar-refractivity contribution >= 4 is 37.2 Å². The Balaban J connectivity index is 1.61. The fourth-order valence-corrected chi connectivity index (χ4v) is 4.42. The number of rotatable bonds is 4. The monoisotopic (exact) mass is 398 g/mol. The number of likely N-dealkylation sites (tertiary alicyclic amines) is 1. The van der Waals surface area contributed by atoms with Gasteiger partial charge in [0.05, 0.1) is 4.90 Å². The largest absolute Gasteiger partial charge is 0.343 e. The number of halogens is 1. The van der Waals surface area contributed by atoms with Crippen molar-refractivity contribution in [3.05, 3.63) is 23.8 Å². The van der Waals surface area contributed by atoms with Crippen molar-refractivity contribution in [1.82, 2.24) is 4.90 Å². The van der Waals surface area contributed by atoms with Gasteiger partial charge >= 0.3 is 0 Å². The molecule has 1 fully saturated rings.